The van der Waals surface area contributed by atoms with Crippen LogP contribution < -0.4 is 5.32 Å². The molecular weight excluding hydrogens is 248 g/mol. The van der Waals surface area contributed by atoms with Crippen LogP contribution in [0.1, 0.15) is 20.3 Å². The molecule has 0 aliphatic carbocycles. The lowest BCUT2D eigenvalue weighted by molar-refractivity contribution is -0.119. The summed E-state index contributed by atoms with van der Waals surface area (Å²) in [6, 6.07) is 5.60. The first kappa shape index (κ1) is 12.6. The highest BCUT2D eigenvalue weighted by Crippen LogP contribution is 2.24. The fourth-order valence-electron chi connectivity index (χ4n) is 1.28. The van der Waals surface area contributed by atoms with Gasteiger partial charge in [-0.2, -0.15) is 0 Å². The Labute approximate surface area is 109 Å². The van der Waals surface area contributed by atoms with Crippen molar-refractivity contribution in [2.75, 3.05) is 5.32 Å². The summed E-state index contributed by atoms with van der Waals surface area (Å²) in [6.45, 7) is 3.86. The lowest BCUT2D eigenvalue weighted by atomic mass is 10.1. The van der Waals surface area contributed by atoms with E-state index in [2.05, 4.69) is 20.5 Å². The van der Waals surface area contributed by atoms with Crippen LogP contribution in [0.3, 0.4) is 0 Å². The fraction of sp³-hybridized carbons (Fsp3) is 0.333. The Bertz CT molecular complexity index is 526. The number of aromatic nitrogens is 3. The molecule has 94 valence electrons. The molecule has 0 fully saturated rings. The summed E-state index contributed by atoms with van der Waals surface area (Å²) in [4.78, 5) is 15.9. The Kier molecular flexibility index (Phi) is 3.99. The van der Waals surface area contributed by atoms with Gasteiger partial charge < -0.3 is 5.32 Å². The number of rotatable bonds is 4. The van der Waals surface area contributed by atoms with Crippen molar-refractivity contribution in [1.29, 1.82) is 0 Å². The van der Waals surface area contributed by atoms with E-state index in [4.69, 9.17) is 0 Å². The van der Waals surface area contributed by atoms with Crippen molar-refractivity contribution in [1.82, 2.24) is 15.2 Å². The van der Waals surface area contributed by atoms with Crippen LogP contribution in [0, 0.1) is 5.92 Å². The third kappa shape index (κ3) is 2.89. The number of nitrogens with one attached hydrogen (secondary N) is 1. The molecule has 0 saturated carbocycles. The molecule has 2 rings (SSSR count). The van der Waals surface area contributed by atoms with E-state index in [0.717, 1.165) is 12.1 Å². The number of carbonyl (C=O) groups excluding carboxylic acids is 1. The fourth-order valence-corrected chi connectivity index (χ4v) is 2.00. The Balaban J connectivity index is 2.10. The molecule has 0 saturated heterocycles. The first-order chi connectivity index (χ1) is 8.70. The van der Waals surface area contributed by atoms with E-state index >= 15 is 0 Å². The minimum atomic E-state index is -0.0266. The van der Waals surface area contributed by atoms with Gasteiger partial charge in [0.25, 0.3) is 0 Å². The van der Waals surface area contributed by atoms with Crippen LogP contribution >= 0.6 is 11.3 Å². The average Bonchev–Trinajstić information content (AvgIpc) is 2.87. The van der Waals surface area contributed by atoms with Gasteiger partial charge in [-0.15, -0.1) is 10.2 Å². The molecule has 0 unspecified atom stereocenters. The summed E-state index contributed by atoms with van der Waals surface area (Å²) >= 11 is 1.33. The van der Waals surface area contributed by atoms with E-state index in [1.54, 1.807) is 6.20 Å². The van der Waals surface area contributed by atoms with Gasteiger partial charge in [-0.1, -0.05) is 31.3 Å². The molecule has 5 nitrogen and oxygen atoms in total. The number of amides is 1. The maximum atomic E-state index is 11.7. The van der Waals surface area contributed by atoms with Crippen molar-refractivity contribution in [3.8, 4) is 10.7 Å². The second kappa shape index (κ2) is 5.68. The number of nitrogens with zero attached hydrogens (tertiary/aromatic N) is 3. The summed E-state index contributed by atoms with van der Waals surface area (Å²) in [6.07, 6.45) is 2.51. The van der Waals surface area contributed by atoms with E-state index in [9.17, 15) is 4.79 Å². The van der Waals surface area contributed by atoms with Crippen molar-refractivity contribution in [2.24, 2.45) is 5.92 Å². The number of hydrogen-bond donors (Lipinski definition) is 1. The summed E-state index contributed by atoms with van der Waals surface area (Å²) in [5.74, 6) is -0.0478. The molecular formula is C12H14N4OS. The van der Waals surface area contributed by atoms with Gasteiger partial charge in [-0.3, -0.25) is 9.78 Å². The smallest absolute Gasteiger partial charge is 0.229 e. The van der Waals surface area contributed by atoms with Gasteiger partial charge >= 0.3 is 0 Å². The van der Waals surface area contributed by atoms with Crippen LogP contribution in [-0.4, -0.2) is 21.1 Å². The van der Waals surface area contributed by atoms with Crippen molar-refractivity contribution in [3.63, 3.8) is 0 Å². The molecule has 1 N–H and O–H groups in total. The minimum Gasteiger partial charge on any atom is -0.300 e. The van der Waals surface area contributed by atoms with Crippen molar-refractivity contribution >= 4 is 22.4 Å². The zero-order valence-electron chi connectivity index (χ0n) is 10.3. The molecule has 0 radical (unpaired) electrons. The molecule has 2 aromatic rings. The molecule has 18 heavy (non-hydrogen) atoms. The maximum Gasteiger partial charge on any atom is 0.229 e. The molecule has 1 atom stereocenters. The SMILES string of the molecule is CC[C@@H](C)C(=O)Nc1nnc(-c2ccccn2)s1. The Morgan fingerprint density at radius 1 is 1.44 bits per heavy atom. The van der Waals surface area contributed by atoms with Gasteiger partial charge in [-0.05, 0) is 18.6 Å². The van der Waals surface area contributed by atoms with Crippen LogP contribution in [0.2, 0.25) is 0 Å². The van der Waals surface area contributed by atoms with Crippen LogP contribution in [0.4, 0.5) is 5.13 Å². The maximum absolute atomic E-state index is 11.7. The number of carbonyl (C=O) groups is 1. The van der Waals surface area contributed by atoms with Gasteiger partial charge in [0.05, 0.1) is 0 Å². The largest absolute Gasteiger partial charge is 0.300 e. The van der Waals surface area contributed by atoms with Crippen LogP contribution in [-0.2, 0) is 4.79 Å². The van der Waals surface area contributed by atoms with E-state index in [1.165, 1.54) is 11.3 Å². The zero-order chi connectivity index (χ0) is 13.0. The zero-order valence-corrected chi connectivity index (χ0v) is 11.1. The lowest BCUT2D eigenvalue weighted by Crippen LogP contribution is -2.19. The monoisotopic (exact) mass is 262 g/mol. The van der Waals surface area contributed by atoms with E-state index in [-0.39, 0.29) is 11.8 Å². The van der Waals surface area contributed by atoms with E-state index in [0.29, 0.717) is 10.1 Å². The van der Waals surface area contributed by atoms with Gasteiger partial charge in [0.15, 0.2) is 5.01 Å². The van der Waals surface area contributed by atoms with Gasteiger partial charge in [-0.25, -0.2) is 0 Å². The number of anilines is 1. The van der Waals surface area contributed by atoms with Crippen LogP contribution in [0.15, 0.2) is 24.4 Å². The van der Waals surface area contributed by atoms with E-state index in [1.807, 2.05) is 32.0 Å². The highest BCUT2D eigenvalue weighted by molar-refractivity contribution is 7.18. The third-order valence-electron chi connectivity index (χ3n) is 2.60. The molecule has 1 amide bonds. The van der Waals surface area contributed by atoms with E-state index < -0.39 is 0 Å². The van der Waals surface area contributed by atoms with Gasteiger partial charge in [0.2, 0.25) is 11.0 Å². The quantitative estimate of drug-likeness (QED) is 0.919. The average molecular weight is 262 g/mol. The summed E-state index contributed by atoms with van der Waals surface area (Å²) in [5.41, 5.74) is 0.763. The molecule has 0 aromatic carbocycles. The second-order valence-corrected chi connectivity index (χ2v) is 4.90. The third-order valence-corrected chi connectivity index (χ3v) is 3.46. The standard InChI is InChI=1S/C12H14N4OS/c1-3-8(2)10(17)14-12-16-15-11(18-12)9-6-4-5-7-13-9/h4-8H,3H2,1-2H3,(H,14,16,17)/t8-/m1/s1. The topological polar surface area (TPSA) is 67.8 Å². The molecule has 2 aromatic heterocycles. The molecule has 0 aliphatic rings. The normalized spacial score (nSPS) is 12.1. The van der Waals surface area contributed by atoms with Crippen molar-refractivity contribution in [2.45, 2.75) is 20.3 Å². The predicted molar refractivity (Wildman–Crippen MR) is 71.2 cm³/mol. The van der Waals surface area contributed by atoms with Crippen LogP contribution in [0.5, 0.6) is 0 Å². The Morgan fingerprint density at radius 3 is 2.94 bits per heavy atom. The number of hydrogen-bond acceptors (Lipinski definition) is 5. The van der Waals surface area contributed by atoms with Gasteiger partial charge in [0.1, 0.15) is 5.69 Å². The minimum absolute atomic E-state index is 0.0211. The molecule has 0 aliphatic heterocycles. The highest BCUT2D eigenvalue weighted by atomic mass is 32.1. The Hall–Kier alpha value is -1.82. The Morgan fingerprint density at radius 2 is 2.28 bits per heavy atom. The molecule has 6 heteroatoms. The summed E-state index contributed by atoms with van der Waals surface area (Å²) < 4.78 is 0. The first-order valence-corrected chi connectivity index (χ1v) is 6.58. The molecule has 2 heterocycles. The lowest BCUT2D eigenvalue weighted by Gasteiger charge is -2.05. The number of pyridine rings is 1. The summed E-state index contributed by atoms with van der Waals surface area (Å²) in [5, 5.41) is 11.9. The van der Waals surface area contributed by atoms with Crippen molar-refractivity contribution < 1.29 is 4.79 Å². The molecule has 0 bridgehead atoms. The van der Waals surface area contributed by atoms with Gasteiger partial charge in [0, 0.05) is 12.1 Å². The van der Waals surface area contributed by atoms with Crippen LogP contribution in [0.25, 0.3) is 10.7 Å². The highest BCUT2D eigenvalue weighted by Gasteiger charge is 2.14. The summed E-state index contributed by atoms with van der Waals surface area (Å²) in [7, 11) is 0. The molecule has 0 spiro atoms. The van der Waals surface area contributed by atoms with Crippen molar-refractivity contribution in [3.05, 3.63) is 24.4 Å². The second-order valence-electron chi connectivity index (χ2n) is 3.93. The first-order valence-electron chi connectivity index (χ1n) is 5.76. The predicted octanol–water partition coefficient (Wildman–Crippen LogP) is 2.58.